The lowest BCUT2D eigenvalue weighted by Gasteiger charge is -2.60. The van der Waals surface area contributed by atoms with E-state index in [0.29, 0.717) is 51.7 Å². The number of aromatic nitrogens is 3. The van der Waals surface area contributed by atoms with Gasteiger partial charge in [-0.25, -0.2) is 9.30 Å². The van der Waals surface area contributed by atoms with Gasteiger partial charge in [0.15, 0.2) is 0 Å². The van der Waals surface area contributed by atoms with Crippen molar-refractivity contribution >= 4 is 100 Å². The maximum absolute atomic E-state index is 13.3. The predicted octanol–water partition coefficient (Wildman–Crippen LogP) is 7.75. The van der Waals surface area contributed by atoms with E-state index in [1.807, 2.05) is 74.5 Å². The van der Waals surface area contributed by atoms with Gasteiger partial charge in [-0.2, -0.15) is 5.10 Å². The van der Waals surface area contributed by atoms with Crippen LogP contribution in [0.25, 0.3) is 17.0 Å². The van der Waals surface area contributed by atoms with Crippen LogP contribution >= 0.6 is 35.1 Å². The Hall–Kier alpha value is -6.08. The Labute approximate surface area is 415 Å². The molecular weight excluding hydrogens is 944 g/mol. The summed E-state index contributed by atoms with van der Waals surface area (Å²) >= 11 is 14.6. The number of hydrogen-bond acceptors (Lipinski definition) is 12. The van der Waals surface area contributed by atoms with Gasteiger partial charge in [0.25, 0.3) is 11.8 Å². The summed E-state index contributed by atoms with van der Waals surface area (Å²) in [7, 11) is 0. The number of fused-ring (bicyclic) bond motifs is 2. The first-order chi connectivity index (χ1) is 33.4. The molecule has 0 saturated carbocycles. The third kappa shape index (κ3) is 12.2. The van der Waals surface area contributed by atoms with E-state index >= 15 is 0 Å². The second-order valence-corrected chi connectivity index (χ2v) is 19.7. The first-order valence-electron chi connectivity index (χ1n) is 23.1. The molecule has 0 aliphatic carbocycles. The smallest absolute Gasteiger partial charge is 0.262 e. The van der Waals surface area contributed by atoms with Crippen LogP contribution in [-0.4, -0.2) is 116 Å². The average molecular weight is 1000 g/mol. The van der Waals surface area contributed by atoms with Crippen LogP contribution < -0.4 is 20.7 Å². The number of carbonyl (C=O) groups is 6. The molecule has 20 heteroatoms. The van der Waals surface area contributed by atoms with Crippen LogP contribution in [0.1, 0.15) is 110 Å². The molecule has 3 atom stereocenters. The molecule has 6 amide bonds. The van der Waals surface area contributed by atoms with Gasteiger partial charge in [-0.15, -0.1) is 0 Å². The highest BCUT2D eigenvalue weighted by Crippen LogP contribution is 2.45. The fraction of sp³-hybridized carbons (Fsp3) is 0.408. The van der Waals surface area contributed by atoms with Crippen molar-refractivity contribution in [3.63, 3.8) is 0 Å². The molecular formula is C49H56Cl2N10O7S. The van der Waals surface area contributed by atoms with Gasteiger partial charge in [-0.3, -0.25) is 49.1 Å². The first kappa shape index (κ1) is 50.8. The Morgan fingerprint density at radius 2 is 1.74 bits per heavy atom. The number of amidine groups is 1. The number of amides is 6. The van der Waals surface area contributed by atoms with E-state index in [1.165, 1.54) is 12.1 Å². The van der Waals surface area contributed by atoms with Gasteiger partial charge in [0.2, 0.25) is 24.6 Å². The van der Waals surface area contributed by atoms with E-state index in [9.17, 15) is 28.8 Å². The number of likely N-dealkylation sites (tertiary alicyclic amines) is 1. The molecule has 2 aromatic carbocycles. The number of unbranched alkanes of at least 4 members (excludes halogenated alkanes) is 2. The monoisotopic (exact) mass is 998 g/mol. The fourth-order valence-electron chi connectivity index (χ4n) is 9.00. The number of carbonyl (C=O) groups excluding carboxylic acids is 6. The van der Waals surface area contributed by atoms with Crippen LogP contribution in [0.3, 0.4) is 0 Å². The molecule has 2 fully saturated rings. The summed E-state index contributed by atoms with van der Waals surface area (Å²) in [4.78, 5) is 85.8. The fourth-order valence-corrected chi connectivity index (χ4v) is 11.3. The zero-order valence-electron chi connectivity index (χ0n) is 38.7. The van der Waals surface area contributed by atoms with Crippen LogP contribution in [0.5, 0.6) is 5.75 Å². The molecule has 3 aliphatic heterocycles. The topological polar surface area (TPSA) is 211 Å². The molecule has 364 valence electrons. The number of imide groups is 2. The van der Waals surface area contributed by atoms with Crippen molar-refractivity contribution < 1.29 is 33.5 Å². The molecule has 7 rings (SSSR count). The first-order valence-corrected chi connectivity index (χ1v) is 24.7. The molecule has 2 saturated heterocycles. The largest absolute Gasteiger partial charge is 0.486 e. The Kier molecular flexibility index (Phi) is 17.3. The normalized spacial score (nSPS) is 16.9. The lowest BCUT2D eigenvalue weighted by atomic mass is 9.74. The molecule has 4 aromatic rings. The Balaban J connectivity index is 0.851. The van der Waals surface area contributed by atoms with Gasteiger partial charge in [-0.05, 0) is 88.1 Å². The van der Waals surface area contributed by atoms with Crippen LogP contribution in [0, 0.1) is 5.41 Å². The molecule has 1 spiro atoms. The molecule has 2 aromatic heterocycles. The lowest BCUT2D eigenvalue weighted by molar-refractivity contribution is -0.128. The highest BCUT2D eigenvalue weighted by atomic mass is 35.5. The number of allylic oxidation sites excluding steroid dienone is 1. The van der Waals surface area contributed by atoms with Crippen LogP contribution in [0.15, 0.2) is 72.1 Å². The zero-order valence-corrected chi connectivity index (χ0v) is 41.0. The number of aromatic amines is 1. The number of ether oxygens (including phenoxy) is 1. The van der Waals surface area contributed by atoms with E-state index < -0.39 is 29.9 Å². The number of hydrogen-bond donors (Lipinski definition) is 4. The maximum atomic E-state index is 13.3. The van der Waals surface area contributed by atoms with Crippen molar-refractivity contribution in [2.24, 2.45) is 10.4 Å². The summed E-state index contributed by atoms with van der Waals surface area (Å²) in [5.41, 5.74) is 3.06. The van der Waals surface area contributed by atoms with Crippen molar-refractivity contribution in [1.29, 1.82) is 0 Å². The molecule has 2 unspecified atom stereocenters. The van der Waals surface area contributed by atoms with Crippen molar-refractivity contribution in [2.45, 2.75) is 89.5 Å². The maximum Gasteiger partial charge on any atom is 0.262 e. The summed E-state index contributed by atoms with van der Waals surface area (Å²) in [6.45, 7) is 9.98. The molecule has 0 radical (unpaired) electrons. The average Bonchev–Trinajstić information content (AvgIpc) is 3.80. The van der Waals surface area contributed by atoms with Crippen LogP contribution in [-0.2, 0) is 19.2 Å². The molecule has 3 aliphatic rings. The van der Waals surface area contributed by atoms with E-state index in [1.54, 1.807) is 24.7 Å². The number of nitrogens with zero attached hydrogens (tertiary/aromatic N) is 6. The summed E-state index contributed by atoms with van der Waals surface area (Å²) in [5.74, 6) is -0.679. The van der Waals surface area contributed by atoms with Gasteiger partial charge in [0.1, 0.15) is 23.7 Å². The number of aliphatic imine (C=N–C) groups is 1. The minimum atomic E-state index is -1.12. The zero-order chi connectivity index (χ0) is 49.1. The molecule has 69 heavy (non-hydrogen) atoms. The second-order valence-electron chi connectivity index (χ2n) is 17.5. The number of anilines is 1. The predicted molar refractivity (Wildman–Crippen MR) is 268 cm³/mol. The molecule has 4 N–H and O–H groups in total. The third-order valence-electron chi connectivity index (χ3n) is 12.3. The number of halogens is 2. The highest BCUT2D eigenvalue weighted by molar-refractivity contribution is 7.97. The van der Waals surface area contributed by atoms with Gasteiger partial charge in [0.05, 0.1) is 32.4 Å². The summed E-state index contributed by atoms with van der Waals surface area (Å²) in [6.07, 6.45) is 16.5. The van der Waals surface area contributed by atoms with Crippen molar-refractivity contribution in [2.75, 3.05) is 38.0 Å². The van der Waals surface area contributed by atoms with Crippen LogP contribution in [0.2, 0.25) is 10.0 Å². The Morgan fingerprint density at radius 3 is 2.46 bits per heavy atom. The molecule has 0 bridgehead atoms. The number of nitrogens with one attached hydrogen (secondary N) is 4. The van der Waals surface area contributed by atoms with Gasteiger partial charge >= 0.3 is 0 Å². The minimum absolute atomic E-state index is 0.0958. The van der Waals surface area contributed by atoms with Gasteiger partial charge in [-0.1, -0.05) is 67.4 Å². The van der Waals surface area contributed by atoms with Crippen molar-refractivity contribution in [3.8, 4) is 5.75 Å². The van der Waals surface area contributed by atoms with Gasteiger partial charge in [0, 0.05) is 85.0 Å². The summed E-state index contributed by atoms with van der Waals surface area (Å²) < 4.78 is 8.64. The van der Waals surface area contributed by atoms with Crippen molar-refractivity contribution in [3.05, 3.63) is 99.6 Å². The SMILES string of the molecule is C\C=C/C(=N\C=C\c1n[nH]c2ccc(O[C@H](C)c3c(Cl)cncc3Cl)cc12)N1CC2(CN(SC(CCCCCC(=O)Nc3ccc4c(c3)C(=O)N(C(CCC)C(=O)NC=O)C4=O)CCNC=O)C2)C1. The second kappa shape index (κ2) is 23.5. The van der Waals surface area contributed by atoms with E-state index in [2.05, 4.69) is 35.0 Å². The minimum Gasteiger partial charge on any atom is -0.486 e. The van der Waals surface area contributed by atoms with E-state index in [4.69, 9.17) is 32.9 Å². The lowest BCUT2D eigenvalue weighted by Crippen LogP contribution is -2.71. The Bertz CT molecular complexity index is 2620. The third-order valence-corrected chi connectivity index (χ3v) is 14.3. The van der Waals surface area contributed by atoms with E-state index in [0.717, 1.165) is 85.6 Å². The number of rotatable bonds is 24. The Morgan fingerprint density at radius 1 is 0.971 bits per heavy atom. The summed E-state index contributed by atoms with van der Waals surface area (Å²) in [5, 5.41) is 17.3. The quantitative estimate of drug-likeness (QED) is 0.0133. The molecule has 17 nitrogen and oxygen atoms in total. The highest BCUT2D eigenvalue weighted by Gasteiger charge is 2.53. The van der Waals surface area contributed by atoms with Crippen LogP contribution in [0.4, 0.5) is 5.69 Å². The van der Waals surface area contributed by atoms with E-state index in [-0.39, 0.29) is 41.7 Å². The number of H-pyrrole nitrogens is 1. The summed E-state index contributed by atoms with van der Waals surface area (Å²) in [6, 6.07) is 9.08. The molecule has 5 heterocycles. The van der Waals surface area contributed by atoms with Gasteiger partial charge < -0.3 is 20.3 Å². The number of pyridine rings is 1. The number of benzene rings is 2. The standard InChI is InChI=1S/C49H56Cl2N10O7S/c1-4-9-42(46(65)55-30-63)61-47(66)35-15-13-32(21-36(35)48(61)67)56-44(64)12-8-6-7-11-34(17-19-52-29-62)69-60-27-49(28-60)25-59(26-49)43(10-5-2)54-20-18-41-37-22-33(14-16-40(37)57-58-41)68-31(3)45-38(50)23-53-24-39(45)51/h5,10,13-16,18,20-24,29-31,34,42H,4,6-9,11-12,17,19,25-28H2,1-3H3,(H,52,62)(H,56,64)(H,57,58)(H,55,63,65)/b10-5-,20-18+,54-43+/t31-,34?,42?/m1/s1. The van der Waals surface area contributed by atoms with Crippen molar-refractivity contribution in [1.82, 2.24) is 39.9 Å².